The first-order valence-electron chi connectivity index (χ1n) is 6.43. The average Bonchev–Trinajstić information content (AvgIpc) is 2.44. The van der Waals surface area contributed by atoms with Crippen LogP contribution in [0.3, 0.4) is 0 Å². The molecule has 2 rings (SSSR count). The summed E-state index contributed by atoms with van der Waals surface area (Å²) >= 11 is 6.87. The number of hydrogen-bond acceptors (Lipinski definition) is 2. The van der Waals surface area contributed by atoms with Crippen molar-refractivity contribution in [2.24, 2.45) is 0 Å². The number of benzene rings is 2. The van der Waals surface area contributed by atoms with Crippen LogP contribution < -0.4 is 4.74 Å². The SMILES string of the molecule is OCC(CCOc1cccc(Br)c1)c1cccc(Br)c1. The average molecular weight is 400 g/mol. The molecular weight excluding hydrogens is 384 g/mol. The zero-order valence-corrected chi connectivity index (χ0v) is 14.1. The highest BCUT2D eigenvalue weighted by Gasteiger charge is 2.11. The van der Waals surface area contributed by atoms with Crippen LogP contribution in [0, 0.1) is 0 Å². The second-order valence-corrected chi connectivity index (χ2v) is 6.36. The molecule has 0 saturated heterocycles. The summed E-state index contributed by atoms with van der Waals surface area (Å²) in [6.07, 6.45) is 0.777. The van der Waals surface area contributed by atoms with Crippen LogP contribution in [0.2, 0.25) is 0 Å². The number of hydrogen-bond donors (Lipinski definition) is 1. The Hall–Kier alpha value is -0.840. The van der Waals surface area contributed by atoms with E-state index in [-0.39, 0.29) is 12.5 Å². The van der Waals surface area contributed by atoms with Gasteiger partial charge < -0.3 is 9.84 Å². The molecule has 4 heteroatoms. The maximum absolute atomic E-state index is 9.53. The molecule has 20 heavy (non-hydrogen) atoms. The lowest BCUT2D eigenvalue weighted by Gasteiger charge is -2.15. The zero-order valence-electron chi connectivity index (χ0n) is 10.9. The third kappa shape index (κ3) is 4.62. The highest BCUT2D eigenvalue weighted by atomic mass is 79.9. The van der Waals surface area contributed by atoms with Crippen molar-refractivity contribution in [2.45, 2.75) is 12.3 Å². The predicted molar refractivity (Wildman–Crippen MR) is 88.2 cm³/mol. The van der Waals surface area contributed by atoms with Gasteiger partial charge in [-0.1, -0.05) is 50.1 Å². The van der Waals surface area contributed by atoms with E-state index in [9.17, 15) is 5.11 Å². The fourth-order valence-corrected chi connectivity index (χ4v) is 2.79. The summed E-state index contributed by atoms with van der Waals surface area (Å²) in [7, 11) is 0. The fourth-order valence-electron chi connectivity index (χ4n) is 2.00. The van der Waals surface area contributed by atoms with E-state index in [1.54, 1.807) is 0 Å². The fraction of sp³-hybridized carbons (Fsp3) is 0.250. The smallest absolute Gasteiger partial charge is 0.120 e. The minimum absolute atomic E-state index is 0.0969. The lowest BCUT2D eigenvalue weighted by atomic mass is 9.97. The van der Waals surface area contributed by atoms with Crippen molar-refractivity contribution < 1.29 is 9.84 Å². The van der Waals surface area contributed by atoms with Crippen molar-refractivity contribution in [3.05, 3.63) is 63.0 Å². The minimum atomic E-state index is 0.0969. The highest BCUT2D eigenvalue weighted by molar-refractivity contribution is 9.10. The van der Waals surface area contributed by atoms with Gasteiger partial charge in [-0.05, 0) is 42.3 Å². The molecular formula is C16H16Br2O2. The van der Waals surface area contributed by atoms with Gasteiger partial charge in [0.1, 0.15) is 5.75 Å². The molecule has 2 nitrogen and oxygen atoms in total. The van der Waals surface area contributed by atoms with Gasteiger partial charge in [0.15, 0.2) is 0 Å². The molecule has 0 spiro atoms. The summed E-state index contributed by atoms with van der Waals surface area (Å²) < 4.78 is 7.75. The highest BCUT2D eigenvalue weighted by Crippen LogP contribution is 2.23. The summed E-state index contributed by atoms with van der Waals surface area (Å²) in [5.41, 5.74) is 1.12. The molecule has 1 unspecified atom stereocenters. The topological polar surface area (TPSA) is 29.5 Å². The van der Waals surface area contributed by atoms with Gasteiger partial charge in [0, 0.05) is 14.9 Å². The number of aliphatic hydroxyl groups excluding tert-OH is 1. The summed E-state index contributed by atoms with van der Waals surface area (Å²) in [5, 5.41) is 9.53. The van der Waals surface area contributed by atoms with Crippen molar-refractivity contribution in [2.75, 3.05) is 13.2 Å². The Balaban J connectivity index is 1.91. The third-order valence-corrected chi connectivity index (χ3v) is 4.06. The molecule has 0 aromatic heterocycles. The van der Waals surface area contributed by atoms with Crippen LogP contribution in [0.15, 0.2) is 57.5 Å². The molecule has 0 heterocycles. The van der Waals surface area contributed by atoms with Gasteiger partial charge in [-0.15, -0.1) is 0 Å². The van der Waals surface area contributed by atoms with E-state index < -0.39 is 0 Å². The molecule has 2 aromatic rings. The van der Waals surface area contributed by atoms with Crippen molar-refractivity contribution >= 4 is 31.9 Å². The predicted octanol–water partition coefficient (Wildman–Crippen LogP) is 4.76. The first kappa shape index (κ1) is 15.5. The van der Waals surface area contributed by atoms with Crippen molar-refractivity contribution in [3.63, 3.8) is 0 Å². The van der Waals surface area contributed by atoms with Gasteiger partial charge >= 0.3 is 0 Å². The maximum Gasteiger partial charge on any atom is 0.120 e. The van der Waals surface area contributed by atoms with Crippen LogP contribution in [0.4, 0.5) is 0 Å². The number of rotatable bonds is 6. The molecule has 0 radical (unpaired) electrons. The molecule has 1 atom stereocenters. The van der Waals surface area contributed by atoms with Crippen LogP contribution in [0.1, 0.15) is 17.9 Å². The Labute approximate surface area is 136 Å². The van der Waals surface area contributed by atoms with Gasteiger partial charge in [-0.3, -0.25) is 0 Å². The minimum Gasteiger partial charge on any atom is -0.494 e. The second kappa shape index (κ2) is 7.81. The van der Waals surface area contributed by atoms with Crippen LogP contribution in [0.5, 0.6) is 5.75 Å². The summed E-state index contributed by atoms with van der Waals surface area (Å²) in [4.78, 5) is 0. The Kier molecular flexibility index (Phi) is 6.07. The summed E-state index contributed by atoms with van der Waals surface area (Å²) in [5.74, 6) is 0.935. The van der Waals surface area contributed by atoms with Crippen molar-refractivity contribution in [1.82, 2.24) is 0 Å². The Bertz CT molecular complexity index is 558. The molecule has 0 saturated carbocycles. The van der Waals surface area contributed by atoms with E-state index in [2.05, 4.69) is 31.9 Å². The Morgan fingerprint density at radius 3 is 2.35 bits per heavy atom. The van der Waals surface area contributed by atoms with E-state index in [0.717, 1.165) is 26.7 Å². The van der Waals surface area contributed by atoms with E-state index in [0.29, 0.717) is 6.61 Å². The molecule has 0 amide bonds. The van der Waals surface area contributed by atoms with Crippen molar-refractivity contribution in [1.29, 1.82) is 0 Å². The molecule has 0 bridgehead atoms. The molecule has 0 aliphatic rings. The Morgan fingerprint density at radius 2 is 1.70 bits per heavy atom. The van der Waals surface area contributed by atoms with Gasteiger partial charge in [-0.2, -0.15) is 0 Å². The normalized spacial score (nSPS) is 12.2. The summed E-state index contributed by atoms with van der Waals surface area (Å²) in [6, 6.07) is 15.8. The number of aliphatic hydroxyl groups is 1. The van der Waals surface area contributed by atoms with Crippen LogP contribution in [-0.2, 0) is 0 Å². The van der Waals surface area contributed by atoms with Gasteiger partial charge in [0.2, 0.25) is 0 Å². The molecule has 0 aliphatic heterocycles. The lowest BCUT2D eigenvalue weighted by Crippen LogP contribution is -2.09. The largest absolute Gasteiger partial charge is 0.494 e. The molecule has 1 N–H and O–H groups in total. The zero-order chi connectivity index (χ0) is 14.4. The standard InChI is InChI=1S/C16H16Br2O2/c17-14-4-1-3-12(9-14)13(11-19)7-8-20-16-6-2-5-15(18)10-16/h1-6,9-10,13,19H,7-8,11H2. The molecule has 106 valence electrons. The monoisotopic (exact) mass is 398 g/mol. The van der Waals surface area contributed by atoms with E-state index in [1.807, 2.05) is 48.5 Å². The first-order valence-corrected chi connectivity index (χ1v) is 8.02. The van der Waals surface area contributed by atoms with E-state index in [1.165, 1.54) is 0 Å². The van der Waals surface area contributed by atoms with Gasteiger partial charge in [0.05, 0.1) is 13.2 Å². The molecule has 0 aliphatic carbocycles. The van der Waals surface area contributed by atoms with E-state index >= 15 is 0 Å². The van der Waals surface area contributed by atoms with Gasteiger partial charge in [-0.25, -0.2) is 0 Å². The van der Waals surface area contributed by atoms with Crippen LogP contribution in [-0.4, -0.2) is 18.3 Å². The van der Waals surface area contributed by atoms with Crippen LogP contribution in [0.25, 0.3) is 0 Å². The Morgan fingerprint density at radius 1 is 1.00 bits per heavy atom. The molecule has 2 aromatic carbocycles. The number of halogens is 2. The first-order chi connectivity index (χ1) is 9.69. The van der Waals surface area contributed by atoms with Gasteiger partial charge in [0.25, 0.3) is 0 Å². The maximum atomic E-state index is 9.53. The quantitative estimate of drug-likeness (QED) is 0.758. The van der Waals surface area contributed by atoms with Crippen molar-refractivity contribution in [3.8, 4) is 5.75 Å². The third-order valence-electron chi connectivity index (χ3n) is 3.07. The molecule has 0 fully saturated rings. The number of ether oxygens (including phenoxy) is 1. The van der Waals surface area contributed by atoms with E-state index in [4.69, 9.17) is 4.74 Å². The second-order valence-electron chi connectivity index (χ2n) is 4.53. The van der Waals surface area contributed by atoms with Crippen LogP contribution >= 0.6 is 31.9 Å². The lowest BCUT2D eigenvalue weighted by molar-refractivity contribution is 0.229. The summed E-state index contributed by atoms with van der Waals surface area (Å²) in [6.45, 7) is 0.701.